The number of amides is 1. The third kappa shape index (κ3) is 8.06. The Labute approximate surface area is 113 Å². The Balaban J connectivity index is 0.00000154. The van der Waals surface area contributed by atoms with Crippen molar-refractivity contribution in [1.82, 2.24) is 25.6 Å². The first-order valence-corrected chi connectivity index (χ1v) is 6.35. The average Bonchev–Trinajstić information content (AvgIpc) is 2.87. The first-order chi connectivity index (χ1) is 9.26. The molecule has 0 fully saturated rings. The standard InChI is InChI=1S/C10H17N5O2.C2H6/c1-11-4-2-3-10(17)12-7-9-8-15(5-6-16)14-13-9;1-2/h2-3,8,11,16H,4-7H2,1H3,(H,12,17);1-2H3/b3-2+;. The van der Waals surface area contributed by atoms with Gasteiger partial charge in [-0.25, -0.2) is 4.68 Å². The molecule has 0 saturated carbocycles. The van der Waals surface area contributed by atoms with E-state index in [0.29, 0.717) is 25.3 Å². The van der Waals surface area contributed by atoms with Crippen LogP contribution >= 0.6 is 0 Å². The molecule has 1 amide bonds. The van der Waals surface area contributed by atoms with Gasteiger partial charge in [0.15, 0.2) is 0 Å². The lowest BCUT2D eigenvalue weighted by Crippen LogP contribution is -2.21. The topological polar surface area (TPSA) is 92.1 Å². The minimum atomic E-state index is -0.169. The predicted molar refractivity (Wildman–Crippen MR) is 73.4 cm³/mol. The second kappa shape index (κ2) is 11.4. The summed E-state index contributed by atoms with van der Waals surface area (Å²) in [4.78, 5) is 11.3. The van der Waals surface area contributed by atoms with E-state index in [2.05, 4.69) is 20.9 Å². The molecule has 0 radical (unpaired) electrons. The number of aliphatic hydroxyl groups is 1. The molecule has 0 unspecified atom stereocenters. The summed E-state index contributed by atoms with van der Waals surface area (Å²) in [5.41, 5.74) is 0.661. The van der Waals surface area contributed by atoms with Crippen molar-refractivity contribution in [2.75, 3.05) is 20.2 Å². The number of nitrogens with zero attached hydrogens (tertiary/aromatic N) is 3. The van der Waals surface area contributed by atoms with Gasteiger partial charge in [-0.3, -0.25) is 4.79 Å². The van der Waals surface area contributed by atoms with Crippen molar-refractivity contribution >= 4 is 5.91 Å². The van der Waals surface area contributed by atoms with Gasteiger partial charge in [0.2, 0.25) is 5.91 Å². The molecular weight excluding hydrogens is 246 g/mol. The van der Waals surface area contributed by atoms with E-state index in [1.165, 1.54) is 10.8 Å². The summed E-state index contributed by atoms with van der Waals surface area (Å²) in [6.07, 6.45) is 4.89. The molecule has 0 bridgehead atoms. The molecule has 0 aliphatic heterocycles. The molecule has 0 spiro atoms. The van der Waals surface area contributed by atoms with Gasteiger partial charge < -0.3 is 15.7 Å². The molecule has 108 valence electrons. The van der Waals surface area contributed by atoms with E-state index in [9.17, 15) is 4.79 Å². The highest BCUT2D eigenvalue weighted by Crippen LogP contribution is 1.92. The van der Waals surface area contributed by atoms with Crippen LogP contribution in [0.15, 0.2) is 18.3 Å². The van der Waals surface area contributed by atoms with Crippen LogP contribution in [0.5, 0.6) is 0 Å². The molecule has 1 heterocycles. The average molecular weight is 269 g/mol. The number of likely N-dealkylation sites (N-methyl/N-ethyl adjacent to an activating group) is 1. The fourth-order valence-corrected chi connectivity index (χ4v) is 1.15. The van der Waals surface area contributed by atoms with E-state index in [1.54, 1.807) is 12.3 Å². The lowest BCUT2D eigenvalue weighted by Gasteiger charge is -1.97. The summed E-state index contributed by atoms with van der Waals surface area (Å²) in [6, 6.07) is 0. The Morgan fingerprint density at radius 3 is 2.89 bits per heavy atom. The maximum atomic E-state index is 11.3. The van der Waals surface area contributed by atoms with Crippen LogP contribution in [0.1, 0.15) is 19.5 Å². The molecule has 0 aromatic carbocycles. The van der Waals surface area contributed by atoms with Gasteiger partial charge in [0, 0.05) is 12.6 Å². The zero-order valence-corrected chi connectivity index (χ0v) is 11.8. The molecular formula is C12H23N5O2. The molecule has 19 heavy (non-hydrogen) atoms. The van der Waals surface area contributed by atoms with Crippen LogP contribution in [0, 0.1) is 0 Å². The Bertz CT molecular complexity index is 376. The number of hydrogen-bond acceptors (Lipinski definition) is 5. The van der Waals surface area contributed by atoms with E-state index >= 15 is 0 Å². The fourth-order valence-electron chi connectivity index (χ4n) is 1.15. The highest BCUT2D eigenvalue weighted by atomic mass is 16.3. The van der Waals surface area contributed by atoms with Crippen molar-refractivity contribution < 1.29 is 9.90 Å². The van der Waals surface area contributed by atoms with Crippen LogP contribution in [0.3, 0.4) is 0 Å². The van der Waals surface area contributed by atoms with E-state index in [-0.39, 0.29) is 12.5 Å². The SMILES string of the molecule is CC.CNC/C=C/C(=O)NCc1cn(CCO)nn1. The van der Waals surface area contributed by atoms with Gasteiger partial charge >= 0.3 is 0 Å². The van der Waals surface area contributed by atoms with E-state index in [1.807, 2.05) is 20.9 Å². The minimum absolute atomic E-state index is 0.0158. The third-order valence-electron chi connectivity index (χ3n) is 1.95. The lowest BCUT2D eigenvalue weighted by molar-refractivity contribution is -0.116. The van der Waals surface area contributed by atoms with Crippen molar-refractivity contribution in [2.24, 2.45) is 0 Å². The fraction of sp³-hybridized carbons (Fsp3) is 0.583. The molecule has 7 heteroatoms. The highest BCUT2D eigenvalue weighted by molar-refractivity contribution is 5.87. The normalized spacial score (nSPS) is 10.1. The van der Waals surface area contributed by atoms with Gasteiger partial charge in [-0.15, -0.1) is 5.10 Å². The number of aliphatic hydroxyl groups excluding tert-OH is 1. The molecule has 0 saturated heterocycles. The second-order valence-corrected chi connectivity index (χ2v) is 3.37. The third-order valence-corrected chi connectivity index (χ3v) is 1.95. The van der Waals surface area contributed by atoms with Gasteiger partial charge in [-0.2, -0.15) is 0 Å². The number of nitrogens with one attached hydrogen (secondary N) is 2. The largest absolute Gasteiger partial charge is 0.394 e. The van der Waals surface area contributed by atoms with Gasteiger partial charge in [0.05, 0.1) is 25.9 Å². The van der Waals surface area contributed by atoms with Crippen LogP contribution in [0.2, 0.25) is 0 Å². The molecule has 1 aromatic rings. The number of carbonyl (C=O) groups excluding carboxylic acids is 1. The van der Waals surface area contributed by atoms with Crippen molar-refractivity contribution in [3.8, 4) is 0 Å². The summed E-state index contributed by atoms with van der Waals surface area (Å²) in [7, 11) is 1.81. The molecule has 1 aromatic heterocycles. The van der Waals surface area contributed by atoms with Gasteiger partial charge in [0.25, 0.3) is 0 Å². The minimum Gasteiger partial charge on any atom is -0.394 e. The van der Waals surface area contributed by atoms with Crippen LogP contribution in [-0.2, 0) is 17.9 Å². The van der Waals surface area contributed by atoms with Crippen molar-refractivity contribution in [3.05, 3.63) is 24.0 Å². The van der Waals surface area contributed by atoms with E-state index in [4.69, 9.17) is 5.11 Å². The van der Waals surface area contributed by atoms with Crippen molar-refractivity contribution in [1.29, 1.82) is 0 Å². The first-order valence-electron chi connectivity index (χ1n) is 6.35. The van der Waals surface area contributed by atoms with Crippen LogP contribution in [-0.4, -0.2) is 46.2 Å². The summed E-state index contributed by atoms with van der Waals surface area (Å²) < 4.78 is 1.53. The number of aromatic nitrogens is 3. The maximum Gasteiger partial charge on any atom is 0.244 e. The Kier molecular flexibility index (Phi) is 10.3. The monoisotopic (exact) mass is 269 g/mol. The van der Waals surface area contributed by atoms with Crippen molar-refractivity contribution in [3.63, 3.8) is 0 Å². The zero-order chi connectivity index (χ0) is 14.5. The summed E-state index contributed by atoms with van der Waals surface area (Å²) >= 11 is 0. The quantitative estimate of drug-likeness (QED) is 0.590. The summed E-state index contributed by atoms with van der Waals surface area (Å²) in [6.45, 7) is 5.40. The van der Waals surface area contributed by atoms with Gasteiger partial charge in [-0.05, 0) is 7.05 Å². The molecule has 3 N–H and O–H groups in total. The molecule has 0 aliphatic carbocycles. The number of carbonyl (C=O) groups is 1. The molecule has 1 rings (SSSR count). The second-order valence-electron chi connectivity index (χ2n) is 3.37. The molecule has 0 aliphatic rings. The van der Waals surface area contributed by atoms with Crippen LogP contribution in [0.4, 0.5) is 0 Å². The highest BCUT2D eigenvalue weighted by Gasteiger charge is 2.01. The molecule has 7 nitrogen and oxygen atoms in total. The van der Waals surface area contributed by atoms with Crippen LogP contribution in [0.25, 0.3) is 0 Å². The number of rotatable bonds is 7. The lowest BCUT2D eigenvalue weighted by atomic mass is 10.4. The number of hydrogen-bond donors (Lipinski definition) is 3. The Morgan fingerprint density at radius 2 is 2.26 bits per heavy atom. The van der Waals surface area contributed by atoms with Gasteiger partial charge in [-0.1, -0.05) is 25.1 Å². The Hall–Kier alpha value is -1.73. The smallest absolute Gasteiger partial charge is 0.244 e. The Morgan fingerprint density at radius 1 is 1.53 bits per heavy atom. The molecule has 0 atom stereocenters. The zero-order valence-electron chi connectivity index (χ0n) is 11.8. The van der Waals surface area contributed by atoms with Crippen molar-refractivity contribution in [2.45, 2.75) is 26.9 Å². The van der Waals surface area contributed by atoms with E-state index < -0.39 is 0 Å². The van der Waals surface area contributed by atoms with Gasteiger partial charge in [0.1, 0.15) is 5.69 Å². The summed E-state index contributed by atoms with van der Waals surface area (Å²) in [5.74, 6) is -0.169. The predicted octanol–water partition coefficient (Wildman–Crippen LogP) is -0.312. The first kappa shape index (κ1) is 17.3. The van der Waals surface area contributed by atoms with Crippen LogP contribution < -0.4 is 10.6 Å². The summed E-state index contributed by atoms with van der Waals surface area (Å²) in [5, 5.41) is 21.9. The van der Waals surface area contributed by atoms with E-state index in [0.717, 1.165) is 0 Å². The maximum absolute atomic E-state index is 11.3.